The summed E-state index contributed by atoms with van der Waals surface area (Å²) in [4.78, 5) is 2.47. The molecule has 2 aromatic rings. The minimum atomic E-state index is 0.963. The summed E-state index contributed by atoms with van der Waals surface area (Å²) in [5.74, 6) is 0. The van der Waals surface area contributed by atoms with Gasteiger partial charge >= 0.3 is 0 Å². The lowest BCUT2D eigenvalue weighted by atomic mass is 10.0. The van der Waals surface area contributed by atoms with Gasteiger partial charge in [0.25, 0.3) is 0 Å². The first kappa shape index (κ1) is 13.7. The Morgan fingerprint density at radius 3 is 2.10 bits per heavy atom. The Morgan fingerprint density at radius 1 is 0.952 bits per heavy atom. The van der Waals surface area contributed by atoms with E-state index in [1.165, 1.54) is 22.5 Å². The maximum atomic E-state index is 3.71. The molecular formula is C19H22N2. The third-order valence-electron chi connectivity index (χ3n) is 4.08. The van der Waals surface area contributed by atoms with Crippen molar-refractivity contribution in [2.45, 2.75) is 19.3 Å². The van der Waals surface area contributed by atoms with Crippen molar-refractivity contribution in [3.05, 3.63) is 72.4 Å². The minimum Gasteiger partial charge on any atom is -0.391 e. The van der Waals surface area contributed by atoms with Crippen LogP contribution >= 0.6 is 0 Å². The first-order chi connectivity index (χ1) is 10.4. The first-order valence-corrected chi connectivity index (χ1v) is 7.68. The van der Waals surface area contributed by atoms with Crippen LogP contribution in [0.25, 0.3) is 0 Å². The number of anilines is 2. The number of fused-ring (bicyclic) bond motifs is 2. The molecule has 1 N–H and O–H groups in total. The summed E-state index contributed by atoms with van der Waals surface area (Å²) in [7, 11) is 0. The van der Waals surface area contributed by atoms with Crippen LogP contribution in [0.3, 0.4) is 0 Å². The Bertz CT molecular complexity index is 571. The zero-order chi connectivity index (χ0) is 14.5. The molecule has 0 aromatic heterocycles. The van der Waals surface area contributed by atoms with Crippen molar-refractivity contribution in [2.24, 2.45) is 0 Å². The van der Waals surface area contributed by atoms with E-state index in [4.69, 9.17) is 0 Å². The van der Waals surface area contributed by atoms with Crippen LogP contribution in [-0.4, -0.2) is 13.1 Å². The number of benzene rings is 2. The molecule has 108 valence electrons. The second-order valence-corrected chi connectivity index (χ2v) is 5.42. The van der Waals surface area contributed by atoms with Crippen LogP contribution < -0.4 is 10.2 Å². The number of hydrogen-bond donors (Lipinski definition) is 1. The predicted octanol–water partition coefficient (Wildman–Crippen LogP) is 4.05. The van der Waals surface area contributed by atoms with Gasteiger partial charge in [0.2, 0.25) is 0 Å². The van der Waals surface area contributed by atoms with E-state index in [0.29, 0.717) is 0 Å². The highest BCUT2D eigenvalue weighted by atomic mass is 15.1. The van der Waals surface area contributed by atoms with Crippen molar-refractivity contribution in [3.8, 4) is 0 Å². The molecule has 2 aromatic carbocycles. The smallest absolute Gasteiger partial charge is 0.0443 e. The molecule has 2 heteroatoms. The maximum Gasteiger partial charge on any atom is 0.0443 e. The van der Waals surface area contributed by atoms with Gasteiger partial charge in [-0.2, -0.15) is 0 Å². The van der Waals surface area contributed by atoms with E-state index in [0.717, 1.165) is 32.4 Å². The summed E-state index contributed by atoms with van der Waals surface area (Å²) in [6.45, 7) is 5.69. The van der Waals surface area contributed by atoms with Crippen LogP contribution in [0.5, 0.6) is 0 Å². The van der Waals surface area contributed by atoms with Crippen molar-refractivity contribution >= 4 is 11.4 Å². The number of nitrogens with one attached hydrogen (secondary N) is 1. The van der Waals surface area contributed by atoms with Crippen LogP contribution in [0.15, 0.2) is 61.3 Å². The van der Waals surface area contributed by atoms with Crippen molar-refractivity contribution in [3.63, 3.8) is 0 Å². The fourth-order valence-corrected chi connectivity index (χ4v) is 3.05. The SMILES string of the molecule is C=CNCCCN1c2ccccc2CCc2ccccc21. The summed E-state index contributed by atoms with van der Waals surface area (Å²) in [5.41, 5.74) is 5.62. The number of hydrogen-bond acceptors (Lipinski definition) is 2. The van der Waals surface area contributed by atoms with Gasteiger partial charge in [-0.3, -0.25) is 0 Å². The Labute approximate surface area is 127 Å². The van der Waals surface area contributed by atoms with Gasteiger partial charge in [-0.1, -0.05) is 43.0 Å². The molecule has 2 nitrogen and oxygen atoms in total. The standard InChI is InChI=1S/C19H22N2/c1-2-20-14-7-15-21-18-10-5-3-8-16(18)12-13-17-9-4-6-11-19(17)21/h2-6,8-11,20H,1,7,12-15H2. The monoisotopic (exact) mass is 278 g/mol. The molecule has 0 fully saturated rings. The number of para-hydroxylation sites is 2. The third-order valence-corrected chi connectivity index (χ3v) is 4.08. The molecule has 1 aliphatic heterocycles. The van der Waals surface area contributed by atoms with Crippen molar-refractivity contribution in [1.82, 2.24) is 5.32 Å². The summed E-state index contributed by atoms with van der Waals surface area (Å²) in [6.07, 6.45) is 5.10. The molecule has 0 unspecified atom stereocenters. The van der Waals surface area contributed by atoms with Gasteiger partial charge in [0.05, 0.1) is 0 Å². The van der Waals surface area contributed by atoms with Gasteiger partial charge in [0.1, 0.15) is 0 Å². The Hall–Kier alpha value is -2.22. The lowest BCUT2D eigenvalue weighted by Crippen LogP contribution is -2.22. The van der Waals surface area contributed by atoms with E-state index in [9.17, 15) is 0 Å². The van der Waals surface area contributed by atoms with E-state index in [-0.39, 0.29) is 0 Å². The largest absolute Gasteiger partial charge is 0.391 e. The van der Waals surface area contributed by atoms with Crippen molar-refractivity contribution in [1.29, 1.82) is 0 Å². The van der Waals surface area contributed by atoms with Crippen LogP contribution in [0, 0.1) is 0 Å². The molecule has 0 spiro atoms. The summed E-state index contributed by atoms with van der Waals surface area (Å²) < 4.78 is 0. The topological polar surface area (TPSA) is 15.3 Å². The highest BCUT2D eigenvalue weighted by Crippen LogP contribution is 2.35. The van der Waals surface area contributed by atoms with Gasteiger partial charge in [-0.15, -0.1) is 0 Å². The molecule has 0 saturated carbocycles. The van der Waals surface area contributed by atoms with Crippen molar-refractivity contribution in [2.75, 3.05) is 18.0 Å². The predicted molar refractivity (Wildman–Crippen MR) is 90.1 cm³/mol. The van der Waals surface area contributed by atoms with Gasteiger partial charge < -0.3 is 10.2 Å². The van der Waals surface area contributed by atoms with Gasteiger partial charge in [-0.05, 0) is 48.7 Å². The third kappa shape index (κ3) is 2.94. The van der Waals surface area contributed by atoms with Gasteiger partial charge in [-0.25, -0.2) is 0 Å². The quantitative estimate of drug-likeness (QED) is 0.830. The molecule has 1 aliphatic rings. The molecule has 0 saturated heterocycles. The summed E-state index contributed by atoms with van der Waals surface area (Å²) >= 11 is 0. The molecular weight excluding hydrogens is 256 g/mol. The molecule has 0 atom stereocenters. The fraction of sp³-hybridized carbons (Fsp3) is 0.263. The van der Waals surface area contributed by atoms with E-state index in [1.54, 1.807) is 6.20 Å². The lowest BCUT2D eigenvalue weighted by Gasteiger charge is -2.27. The number of nitrogens with zero attached hydrogens (tertiary/aromatic N) is 1. The van der Waals surface area contributed by atoms with Gasteiger partial charge in [0, 0.05) is 24.5 Å². The normalized spacial score (nSPS) is 13.0. The highest BCUT2D eigenvalue weighted by molar-refractivity contribution is 5.71. The van der Waals surface area contributed by atoms with Crippen molar-refractivity contribution < 1.29 is 0 Å². The van der Waals surface area contributed by atoms with E-state index in [2.05, 4.69) is 65.3 Å². The zero-order valence-corrected chi connectivity index (χ0v) is 12.4. The zero-order valence-electron chi connectivity index (χ0n) is 12.4. The number of aryl methyl sites for hydroxylation is 2. The fourth-order valence-electron chi connectivity index (χ4n) is 3.05. The summed E-state index contributed by atoms with van der Waals surface area (Å²) in [6, 6.07) is 17.6. The second-order valence-electron chi connectivity index (χ2n) is 5.42. The molecule has 0 aliphatic carbocycles. The Balaban J connectivity index is 1.93. The number of rotatable bonds is 5. The van der Waals surface area contributed by atoms with Crippen LogP contribution in [0.4, 0.5) is 11.4 Å². The second kappa shape index (κ2) is 6.49. The molecule has 0 amide bonds. The molecule has 3 rings (SSSR count). The van der Waals surface area contributed by atoms with Gasteiger partial charge in [0.15, 0.2) is 0 Å². The minimum absolute atomic E-state index is 0.963. The highest BCUT2D eigenvalue weighted by Gasteiger charge is 2.19. The summed E-state index contributed by atoms with van der Waals surface area (Å²) in [5, 5.41) is 3.19. The molecule has 0 bridgehead atoms. The molecule has 0 radical (unpaired) electrons. The Kier molecular flexibility index (Phi) is 4.25. The van der Waals surface area contributed by atoms with E-state index >= 15 is 0 Å². The molecule has 21 heavy (non-hydrogen) atoms. The van der Waals surface area contributed by atoms with Crippen LogP contribution in [-0.2, 0) is 12.8 Å². The average Bonchev–Trinajstić information content (AvgIpc) is 2.69. The van der Waals surface area contributed by atoms with Crippen LogP contribution in [0.1, 0.15) is 17.5 Å². The van der Waals surface area contributed by atoms with E-state index in [1.807, 2.05) is 0 Å². The van der Waals surface area contributed by atoms with E-state index < -0.39 is 0 Å². The average molecular weight is 278 g/mol. The first-order valence-electron chi connectivity index (χ1n) is 7.68. The Morgan fingerprint density at radius 2 is 1.52 bits per heavy atom. The lowest BCUT2D eigenvalue weighted by molar-refractivity contribution is 0.748. The molecule has 1 heterocycles. The van der Waals surface area contributed by atoms with Crippen LogP contribution in [0.2, 0.25) is 0 Å². The maximum absolute atomic E-state index is 3.71.